The number of pyridine rings is 1. The van der Waals surface area contributed by atoms with Gasteiger partial charge in [-0.15, -0.1) is 0 Å². The molecule has 114 valence electrons. The van der Waals surface area contributed by atoms with Gasteiger partial charge in [-0.1, -0.05) is 11.6 Å². The van der Waals surface area contributed by atoms with Crippen LogP contribution in [0.1, 0.15) is 29.6 Å². The van der Waals surface area contributed by atoms with Gasteiger partial charge in [-0.3, -0.25) is 9.69 Å². The number of amides is 1. The van der Waals surface area contributed by atoms with Gasteiger partial charge in [0.2, 0.25) is 0 Å². The van der Waals surface area contributed by atoms with E-state index >= 15 is 0 Å². The number of likely N-dealkylation sites (tertiary alicyclic amines) is 1. The number of likely N-dealkylation sites (N-methyl/N-ethyl adjacent to an activating group) is 1. The Labute approximate surface area is 130 Å². The predicted octanol–water partition coefficient (Wildman–Crippen LogP) is 2.09. The number of nitrogens with zero attached hydrogens (tertiary/aromatic N) is 3. The van der Waals surface area contributed by atoms with E-state index in [0.717, 1.165) is 19.5 Å². The first kappa shape index (κ1) is 14.6. The van der Waals surface area contributed by atoms with Crippen LogP contribution in [0.3, 0.4) is 0 Å². The summed E-state index contributed by atoms with van der Waals surface area (Å²) in [6.45, 7) is 1.62. The minimum Gasteiger partial charge on any atom is -0.373 e. The summed E-state index contributed by atoms with van der Waals surface area (Å²) < 4.78 is 0. The first-order valence-corrected chi connectivity index (χ1v) is 7.83. The molecule has 5 nitrogen and oxygen atoms in total. The van der Waals surface area contributed by atoms with Crippen LogP contribution < -0.4 is 5.32 Å². The number of hydrogen-bond acceptors (Lipinski definition) is 4. The predicted molar refractivity (Wildman–Crippen MR) is 83.9 cm³/mol. The van der Waals surface area contributed by atoms with Crippen molar-refractivity contribution in [2.75, 3.05) is 32.5 Å². The zero-order valence-corrected chi connectivity index (χ0v) is 13.2. The molecule has 2 aliphatic heterocycles. The molecule has 2 fully saturated rings. The zero-order chi connectivity index (χ0) is 15.0. The average Bonchev–Trinajstić information content (AvgIpc) is 2.71. The molecule has 1 N–H and O–H groups in total. The second-order valence-corrected chi connectivity index (χ2v) is 6.29. The number of aromatic nitrogens is 1. The third kappa shape index (κ3) is 2.85. The summed E-state index contributed by atoms with van der Waals surface area (Å²) in [6, 6.07) is 4.53. The second kappa shape index (κ2) is 5.81. The minimum atomic E-state index is 0.0525. The Bertz CT molecular complexity index is 550. The average molecular weight is 309 g/mol. The Morgan fingerprint density at radius 3 is 2.86 bits per heavy atom. The van der Waals surface area contributed by atoms with Crippen molar-refractivity contribution in [1.82, 2.24) is 14.8 Å². The molecule has 21 heavy (non-hydrogen) atoms. The molecule has 1 aromatic heterocycles. The molecule has 0 aliphatic carbocycles. The fraction of sp³-hybridized carbons (Fsp3) is 0.600. The molecule has 6 heteroatoms. The molecule has 2 aliphatic rings. The molecule has 1 amide bonds. The topological polar surface area (TPSA) is 48.5 Å². The van der Waals surface area contributed by atoms with Crippen LogP contribution in [-0.4, -0.2) is 60.0 Å². The quantitative estimate of drug-likeness (QED) is 0.850. The summed E-state index contributed by atoms with van der Waals surface area (Å²) in [6.07, 6.45) is 3.49. The molecule has 3 heterocycles. The van der Waals surface area contributed by atoms with Gasteiger partial charge in [-0.25, -0.2) is 4.98 Å². The molecule has 2 bridgehead atoms. The van der Waals surface area contributed by atoms with E-state index in [4.69, 9.17) is 11.6 Å². The van der Waals surface area contributed by atoms with Crippen molar-refractivity contribution in [3.8, 4) is 0 Å². The van der Waals surface area contributed by atoms with Gasteiger partial charge in [0.05, 0.1) is 0 Å². The van der Waals surface area contributed by atoms with Crippen molar-refractivity contribution in [3.05, 3.63) is 22.8 Å². The Balaban J connectivity index is 1.80. The SMILES string of the molecule is CNc1cc(C(=O)N2CCC3CCC(C2)N3C)cc(Cl)n1. The third-order valence-corrected chi connectivity index (χ3v) is 4.93. The number of hydrogen-bond donors (Lipinski definition) is 1. The highest BCUT2D eigenvalue weighted by molar-refractivity contribution is 6.29. The summed E-state index contributed by atoms with van der Waals surface area (Å²) in [5.41, 5.74) is 0.611. The maximum Gasteiger partial charge on any atom is 0.254 e. The largest absolute Gasteiger partial charge is 0.373 e. The molecule has 3 rings (SSSR count). The van der Waals surface area contributed by atoms with Gasteiger partial charge in [0, 0.05) is 37.8 Å². The minimum absolute atomic E-state index is 0.0525. The lowest BCUT2D eigenvalue weighted by molar-refractivity contribution is 0.0740. The molecule has 2 saturated heterocycles. The van der Waals surface area contributed by atoms with E-state index in [2.05, 4.69) is 22.2 Å². The summed E-state index contributed by atoms with van der Waals surface area (Å²) in [7, 11) is 3.95. The van der Waals surface area contributed by atoms with E-state index in [1.807, 2.05) is 4.90 Å². The van der Waals surface area contributed by atoms with Crippen molar-refractivity contribution >= 4 is 23.3 Å². The van der Waals surface area contributed by atoms with Crippen LogP contribution in [0.4, 0.5) is 5.82 Å². The van der Waals surface area contributed by atoms with E-state index in [1.54, 1.807) is 19.2 Å². The van der Waals surface area contributed by atoms with E-state index in [9.17, 15) is 4.79 Å². The maximum absolute atomic E-state index is 12.7. The first-order chi connectivity index (χ1) is 10.1. The van der Waals surface area contributed by atoms with Gasteiger partial charge in [0.15, 0.2) is 0 Å². The smallest absolute Gasteiger partial charge is 0.254 e. The van der Waals surface area contributed by atoms with Gasteiger partial charge in [0.25, 0.3) is 5.91 Å². The molecule has 0 spiro atoms. The van der Waals surface area contributed by atoms with Gasteiger partial charge in [-0.05, 0) is 38.4 Å². The Morgan fingerprint density at radius 1 is 1.33 bits per heavy atom. The van der Waals surface area contributed by atoms with E-state index < -0.39 is 0 Å². The van der Waals surface area contributed by atoms with Crippen LogP contribution in [0.5, 0.6) is 0 Å². The van der Waals surface area contributed by atoms with Crippen molar-refractivity contribution in [1.29, 1.82) is 0 Å². The lowest BCUT2D eigenvalue weighted by atomic mass is 10.1. The maximum atomic E-state index is 12.7. The van der Waals surface area contributed by atoms with Crippen molar-refractivity contribution < 1.29 is 4.79 Å². The first-order valence-electron chi connectivity index (χ1n) is 7.45. The number of halogens is 1. The normalized spacial score (nSPS) is 25.8. The van der Waals surface area contributed by atoms with Gasteiger partial charge in [-0.2, -0.15) is 0 Å². The number of rotatable bonds is 2. The molecule has 0 saturated carbocycles. The molecule has 0 aromatic carbocycles. The highest BCUT2D eigenvalue weighted by Gasteiger charge is 2.36. The third-order valence-electron chi connectivity index (χ3n) is 4.73. The summed E-state index contributed by atoms with van der Waals surface area (Å²) in [4.78, 5) is 21.3. The highest BCUT2D eigenvalue weighted by atomic mass is 35.5. The van der Waals surface area contributed by atoms with Crippen LogP contribution in [-0.2, 0) is 0 Å². The lowest BCUT2D eigenvalue weighted by Gasteiger charge is -2.26. The summed E-state index contributed by atoms with van der Waals surface area (Å²) >= 11 is 6.00. The summed E-state index contributed by atoms with van der Waals surface area (Å²) in [5, 5.41) is 3.28. The van der Waals surface area contributed by atoms with Crippen LogP contribution in [0.2, 0.25) is 5.15 Å². The fourth-order valence-electron chi connectivity index (χ4n) is 3.42. The molecular formula is C15H21ClN4O. The molecule has 0 radical (unpaired) electrons. The number of nitrogens with one attached hydrogen (secondary N) is 1. The monoisotopic (exact) mass is 308 g/mol. The Kier molecular flexibility index (Phi) is 4.04. The molecule has 1 aromatic rings. The van der Waals surface area contributed by atoms with E-state index in [0.29, 0.717) is 28.6 Å². The van der Waals surface area contributed by atoms with Gasteiger partial charge < -0.3 is 10.2 Å². The number of fused-ring (bicyclic) bond motifs is 2. The van der Waals surface area contributed by atoms with E-state index in [-0.39, 0.29) is 5.91 Å². The van der Waals surface area contributed by atoms with Gasteiger partial charge >= 0.3 is 0 Å². The second-order valence-electron chi connectivity index (χ2n) is 5.90. The lowest BCUT2D eigenvalue weighted by Crippen LogP contribution is -2.39. The molecular weight excluding hydrogens is 288 g/mol. The standard InChI is InChI=1S/C15H21ClN4O/c1-17-14-8-10(7-13(16)18-14)15(21)20-6-5-11-3-4-12(9-20)19(11)2/h7-8,11-12H,3-6,9H2,1-2H3,(H,17,18). The fourth-order valence-corrected chi connectivity index (χ4v) is 3.63. The van der Waals surface area contributed by atoms with Crippen molar-refractivity contribution in [3.63, 3.8) is 0 Å². The summed E-state index contributed by atoms with van der Waals surface area (Å²) in [5.74, 6) is 0.677. The van der Waals surface area contributed by atoms with Crippen LogP contribution in [0.15, 0.2) is 12.1 Å². The number of anilines is 1. The molecule has 2 unspecified atom stereocenters. The zero-order valence-electron chi connectivity index (χ0n) is 12.5. The van der Waals surface area contributed by atoms with Crippen molar-refractivity contribution in [2.24, 2.45) is 0 Å². The number of carbonyl (C=O) groups excluding carboxylic acids is 1. The van der Waals surface area contributed by atoms with Crippen molar-refractivity contribution in [2.45, 2.75) is 31.3 Å². The highest BCUT2D eigenvalue weighted by Crippen LogP contribution is 2.29. The van der Waals surface area contributed by atoms with Crippen LogP contribution >= 0.6 is 11.6 Å². The van der Waals surface area contributed by atoms with E-state index in [1.165, 1.54) is 12.8 Å². The number of carbonyl (C=O) groups is 1. The Morgan fingerprint density at radius 2 is 2.10 bits per heavy atom. The van der Waals surface area contributed by atoms with Gasteiger partial charge in [0.1, 0.15) is 11.0 Å². The molecule has 2 atom stereocenters. The Hall–Kier alpha value is -1.33. The van der Waals surface area contributed by atoms with Crippen LogP contribution in [0, 0.1) is 0 Å². The van der Waals surface area contributed by atoms with Crippen LogP contribution in [0.25, 0.3) is 0 Å².